The highest BCUT2D eigenvalue weighted by Crippen LogP contribution is 2.45. The predicted molar refractivity (Wildman–Crippen MR) is 96.1 cm³/mol. The van der Waals surface area contributed by atoms with Gasteiger partial charge in [-0.15, -0.1) is 0 Å². The molecule has 0 bridgehead atoms. The van der Waals surface area contributed by atoms with Crippen molar-refractivity contribution in [1.29, 1.82) is 5.26 Å². The second kappa shape index (κ2) is 9.56. The van der Waals surface area contributed by atoms with Gasteiger partial charge in [0.05, 0.1) is 5.60 Å². The maximum Gasteiger partial charge on any atom is 0.196 e. The second-order valence-electron chi connectivity index (χ2n) is 8.00. The van der Waals surface area contributed by atoms with Crippen molar-refractivity contribution in [2.24, 2.45) is 17.8 Å². The van der Waals surface area contributed by atoms with Crippen LogP contribution in [0, 0.1) is 29.1 Å². The van der Waals surface area contributed by atoms with Crippen molar-refractivity contribution in [2.75, 3.05) is 7.11 Å². The quantitative estimate of drug-likeness (QED) is 0.510. The first kappa shape index (κ1) is 19.4. The summed E-state index contributed by atoms with van der Waals surface area (Å²) in [5, 5.41) is 8.50. The van der Waals surface area contributed by atoms with Gasteiger partial charge in [-0.1, -0.05) is 32.6 Å². The zero-order valence-electron chi connectivity index (χ0n) is 15.5. The van der Waals surface area contributed by atoms with Gasteiger partial charge >= 0.3 is 0 Å². The van der Waals surface area contributed by atoms with Crippen LogP contribution in [0.3, 0.4) is 0 Å². The molecule has 0 aromatic carbocycles. The first-order valence-corrected chi connectivity index (χ1v) is 9.93. The molecule has 24 heavy (non-hydrogen) atoms. The summed E-state index contributed by atoms with van der Waals surface area (Å²) in [6.45, 7) is 2.30. The molecule has 0 saturated heterocycles. The molecule has 0 spiro atoms. The highest BCUT2D eigenvalue weighted by molar-refractivity contribution is 5.11. The van der Waals surface area contributed by atoms with E-state index in [4.69, 9.17) is 10.00 Å². The number of hydrogen-bond acceptors (Lipinski definition) is 2. The molecular weight excluding hydrogens is 301 g/mol. The lowest BCUT2D eigenvalue weighted by molar-refractivity contribution is -0.0619. The zero-order chi connectivity index (χ0) is 17.4. The molecule has 2 rings (SSSR count). The molecule has 0 aliphatic heterocycles. The third-order valence-corrected chi connectivity index (χ3v) is 6.66. The molecule has 0 aromatic heterocycles. The summed E-state index contributed by atoms with van der Waals surface area (Å²) in [6.07, 6.45) is 16.0. The SMILES string of the molecule is CCCC1CCC(C2CCC(CCC=C(F)C#N)(OC)CC2)CC1. The fourth-order valence-electron chi connectivity index (χ4n) is 5.06. The van der Waals surface area contributed by atoms with Crippen molar-refractivity contribution < 1.29 is 9.13 Å². The van der Waals surface area contributed by atoms with Gasteiger partial charge in [0, 0.05) is 7.11 Å². The number of rotatable bonds is 7. The number of allylic oxidation sites excluding steroid dienone is 2. The van der Waals surface area contributed by atoms with Gasteiger partial charge in [0.2, 0.25) is 0 Å². The summed E-state index contributed by atoms with van der Waals surface area (Å²) in [6, 6.07) is 1.55. The molecule has 2 nitrogen and oxygen atoms in total. The monoisotopic (exact) mass is 335 g/mol. The Balaban J connectivity index is 1.78. The smallest absolute Gasteiger partial charge is 0.196 e. The Bertz CT molecular complexity index is 437. The van der Waals surface area contributed by atoms with E-state index < -0.39 is 5.83 Å². The van der Waals surface area contributed by atoms with Gasteiger partial charge in [0.1, 0.15) is 6.07 Å². The van der Waals surface area contributed by atoms with Crippen LogP contribution in [0.4, 0.5) is 4.39 Å². The Morgan fingerprint density at radius 1 is 1.17 bits per heavy atom. The first-order valence-electron chi connectivity index (χ1n) is 9.93. The number of ether oxygens (including phenoxy) is 1. The summed E-state index contributed by atoms with van der Waals surface area (Å²) in [4.78, 5) is 0. The molecule has 0 atom stereocenters. The predicted octanol–water partition coefficient (Wildman–Crippen LogP) is 6.33. The molecule has 136 valence electrons. The van der Waals surface area contributed by atoms with Gasteiger partial charge in [-0.2, -0.15) is 9.65 Å². The van der Waals surface area contributed by atoms with E-state index in [0.717, 1.165) is 37.0 Å². The van der Waals surface area contributed by atoms with E-state index in [0.29, 0.717) is 6.42 Å². The Kier molecular flexibility index (Phi) is 7.75. The lowest BCUT2D eigenvalue weighted by Crippen LogP contribution is -2.38. The average Bonchev–Trinajstić information content (AvgIpc) is 2.63. The highest BCUT2D eigenvalue weighted by Gasteiger charge is 2.38. The third kappa shape index (κ3) is 5.31. The summed E-state index contributed by atoms with van der Waals surface area (Å²) in [5.74, 6) is 2.10. The molecule has 2 aliphatic carbocycles. The Morgan fingerprint density at radius 3 is 2.33 bits per heavy atom. The van der Waals surface area contributed by atoms with Gasteiger partial charge in [-0.25, -0.2) is 0 Å². The van der Waals surface area contributed by atoms with Crippen molar-refractivity contribution in [3.05, 3.63) is 11.9 Å². The number of methoxy groups -OCH3 is 1. The molecule has 2 saturated carbocycles. The van der Waals surface area contributed by atoms with Crippen molar-refractivity contribution in [2.45, 2.75) is 89.6 Å². The van der Waals surface area contributed by atoms with Crippen LogP contribution in [-0.4, -0.2) is 12.7 Å². The van der Waals surface area contributed by atoms with E-state index >= 15 is 0 Å². The fraction of sp³-hybridized carbons (Fsp3) is 0.857. The van der Waals surface area contributed by atoms with E-state index in [2.05, 4.69) is 6.92 Å². The van der Waals surface area contributed by atoms with Crippen LogP contribution in [0.25, 0.3) is 0 Å². The molecule has 0 radical (unpaired) electrons. The van der Waals surface area contributed by atoms with E-state index in [1.54, 1.807) is 13.2 Å². The Labute approximate surface area is 147 Å². The van der Waals surface area contributed by atoms with Crippen LogP contribution in [0.5, 0.6) is 0 Å². The third-order valence-electron chi connectivity index (χ3n) is 6.66. The van der Waals surface area contributed by atoms with Gasteiger partial charge in [-0.3, -0.25) is 0 Å². The van der Waals surface area contributed by atoms with Crippen molar-refractivity contribution in [3.63, 3.8) is 0 Å². The van der Waals surface area contributed by atoms with Crippen molar-refractivity contribution in [1.82, 2.24) is 0 Å². The molecule has 0 N–H and O–H groups in total. The van der Waals surface area contributed by atoms with Crippen LogP contribution in [0.1, 0.15) is 84.0 Å². The number of halogens is 1. The van der Waals surface area contributed by atoms with Gasteiger partial charge < -0.3 is 4.74 Å². The summed E-state index contributed by atoms with van der Waals surface area (Å²) in [7, 11) is 1.79. The largest absolute Gasteiger partial charge is 0.378 e. The molecule has 0 amide bonds. The maximum absolute atomic E-state index is 13.0. The molecule has 0 heterocycles. The van der Waals surface area contributed by atoms with E-state index in [1.165, 1.54) is 57.4 Å². The maximum atomic E-state index is 13.0. The number of hydrogen-bond donors (Lipinski definition) is 0. The minimum Gasteiger partial charge on any atom is -0.378 e. The van der Waals surface area contributed by atoms with Crippen LogP contribution in [0.2, 0.25) is 0 Å². The fourth-order valence-corrected chi connectivity index (χ4v) is 5.06. The second-order valence-corrected chi connectivity index (χ2v) is 8.00. The minimum absolute atomic E-state index is 0.0951. The van der Waals surface area contributed by atoms with Gasteiger partial charge in [0.15, 0.2) is 5.83 Å². The minimum atomic E-state index is -0.668. The van der Waals surface area contributed by atoms with Gasteiger partial charge in [-0.05, 0) is 75.2 Å². The van der Waals surface area contributed by atoms with Crippen molar-refractivity contribution in [3.8, 4) is 6.07 Å². The topological polar surface area (TPSA) is 33.0 Å². The molecule has 2 fully saturated rings. The average molecular weight is 336 g/mol. The molecule has 0 unspecified atom stereocenters. The molecule has 3 heteroatoms. The Hall–Kier alpha value is -0.880. The van der Waals surface area contributed by atoms with Crippen LogP contribution < -0.4 is 0 Å². The standard InChI is InChI=1S/C21H34FNO/c1-3-5-17-7-9-18(10-8-17)19-11-14-21(24-2,15-12-19)13-4-6-20(22)16-23/h6,17-19H,3-5,7-15H2,1-2H3. The lowest BCUT2D eigenvalue weighted by atomic mass is 9.67. The van der Waals surface area contributed by atoms with Crippen LogP contribution in [-0.2, 0) is 4.74 Å². The highest BCUT2D eigenvalue weighted by atomic mass is 19.1. The lowest BCUT2D eigenvalue weighted by Gasteiger charge is -2.43. The summed E-state index contributed by atoms with van der Waals surface area (Å²) < 4.78 is 18.8. The Morgan fingerprint density at radius 2 is 1.79 bits per heavy atom. The number of nitrogens with zero attached hydrogens (tertiary/aromatic N) is 1. The molecular formula is C21H34FNO. The first-order chi connectivity index (χ1) is 11.6. The normalized spacial score (nSPS) is 34.8. The van der Waals surface area contributed by atoms with Crippen LogP contribution >= 0.6 is 0 Å². The van der Waals surface area contributed by atoms with Gasteiger partial charge in [0.25, 0.3) is 0 Å². The van der Waals surface area contributed by atoms with E-state index in [9.17, 15) is 4.39 Å². The number of nitriles is 1. The van der Waals surface area contributed by atoms with Crippen molar-refractivity contribution >= 4 is 0 Å². The summed E-state index contributed by atoms with van der Waals surface area (Å²) in [5.41, 5.74) is -0.0951. The molecule has 0 aromatic rings. The van der Waals surface area contributed by atoms with E-state index in [1.807, 2.05) is 0 Å². The molecule has 2 aliphatic rings. The van der Waals surface area contributed by atoms with E-state index in [-0.39, 0.29) is 5.60 Å². The zero-order valence-corrected chi connectivity index (χ0v) is 15.5. The summed E-state index contributed by atoms with van der Waals surface area (Å²) >= 11 is 0. The van der Waals surface area contributed by atoms with Crippen LogP contribution in [0.15, 0.2) is 11.9 Å².